The van der Waals surface area contributed by atoms with E-state index in [1.165, 1.54) is 16.7 Å². The fraction of sp³-hybridized carbons (Fsp3) is 0.214. The Morgan fingerprint density at radius 1 is 0.381 bits per heavy atom. The summed E-state index contributed by atoms with van der Waals surface area (Å²) in [6.07, 6.45) is 8.52. The number of aromatic nitrogens is 4. The molecule has 3 aromatic heterocycles. The number of hydrogen-bond donors (Lipinski definition) is 2. The van der Waals surface area contributed by atoms with E-state index in [1.54, 1.807) is 0 Å². The van der Waals surface area contributed by atoms with Crippen LogP contribution in [0.4, 0.5) is 5.69 Å². The van der Waals surface area contributed by atoms with Gasteiger partial charge in [0.05, 0.1) is 22.8 Å². The lowest BCUT2D eigenvalue weighted by Gasteiger charge is -2.19. The van der Waals surface area contributed by atoms with E-state index in [2.05, 4.69) is 204 Å². The van der Waals surface area contributed by atoms with E-state index in [9.17, 15) is 5.53 Å². The van der Waals surface area contributed by atoms with Gasteiger partial charge in [-0.1, -0.05) is 164 Å². The molecule has 63 heavy (non-hydrogen) atoms. The zero-order chi connectivity index (χ0) is 44.3. The molecule has 0 fully saturated rings. The van der Waals surface area contributed by atoms with Crippen LogP contribution in [-0.4, -0.2) is 19.9 Å². The third kappa shape index (κ3) is 8.04. The number of benzene rings is 4. The van der Waals surface area contributed by atoms with E-state index < -0.39 is 0 Å². The second-order valence-corrected chi connectivity index (χ2v) is 19.7. The maximum Gasteiger partial charge on any atom is 0.0737 e. The van der Waals surface area contributed by atoms with Gasteiger partial charge in [-0.05, 0) is 109 Å². The van der Waals surface area contributed by atoms with Gasteiger partial charge in [0.2, 0.25) is 0 Å². The molecule has 7 nitrogen and oxygen atoms in total. The summed E-state index contributed by atoms with van der Waals surface area (Å²) in [7, 11) is 0. The summed E-state index contributed by atoms with van der Waals surface area (Å²) in [6, 6.07) is 43.0. The summed E-state index contributed by atoms with van der Waals surface area (Å²) >= 11 is 0. The fourth-order valence-corrected chi connectivity index (χ4v) is 8.58. The molecule has 0 aliphatic carbocycles. The van der Waals surface area contributed by atoms with Crippen LogP contribution in [0.15, 0.2) is 126 Å². The minimum Gasteiger partial charge on any atom is -0.354 e. The average molecular weight is 824 g/mol. The Morgan fingerprint density at radius 2 is 0.635 bits per heavy atom. The van der Waals surface area contributed by atoms with Gasteiger partial charge >= 0.3 is 0 Å². The third-order valence-electron chi connectivity index (χ3n) is 12.2. The molecule has 7 heteroatoms. The summed E-state index contributed by atoms with van der Waals surface area (Å²) in [6.45, 7) is 20.2. The Labute approximate surface area is 370 Å². The Hall–Kier alpha value is -7.21. The molecule has 0 atom stereocenters. The van der Waals surface area contributed by atoms with Gasteiger partial charge in [0, 0.05) is 54.9 Å². The molecule has 0 radical (unpaired) electrons. The van der Waals surface area contributed by atoms with E-state index in [0.29, 0.717) is 5.69 Å². The number of azide groups is 1. The minimum absolute atomic E-state index is 0.00677. The molecule has 0 amide bonds. The van der Waals surface area contributed by atoms with E-state index in [0.717, 1.165) is 89.4 Å². The quantitative estimate of drug-likeness (QED) is 0.102. The van der Waals surface area contributed by atoms with Crippen LogP contribution >= 0.6 is 0 Å². The van der Waals surface area contributed by atoms with Crippen molar-refractivity contribution in [3.8, 4) is 44.5 Å². The van der Waals surface area contributed by atoms with Gasteiger partial charge in [-0.15, -0.1) is 0 Å². The fourth-order valence-electron chi connectivity index (χ4n) is 8.58. The molecule has 0 saturated carbocycles. The van der Waals surface area contributed by atoms with Crippen LogP contribution in [-0.2, 0) is 16.2 Å². The topological polar surface area (TPSA) is 106 Å². The first-order chi connectivity index (χ1) is 30.0. The van der Waals surface area contributed by atoms with Crippen molar-refractivity contribution in [3.63, 3.8) is 0 Å². The SMILES string of the molecule is CC(C)(C)c1ccc(-c2c3nc(c(-c4ccc(C(C)(C)C)cc4)c4ccc([nH]4)c(-c4ccc(C(C)(C)C)cc4)c4nc(c(-c5ccc(N=[N+]=[N-])cc5)c5ccc2[nH]5)C=C4)C=C3)cc1. The Balaban J connectivity index is 1.42. The first-order valence-corrected chi connectivity index (χ1v) is 21.7. The zero-order valence-corrected chi connectivity index (χ0v) is 37.6. The summed E-state index contributed by atoms with van der Waals surface area (Å²) in [5, 5.41) is 3.85. The molecule has 7 aromatic rings. The molecule has 0 saturated heterocycles. The normalized spacial score (nSPS) is 12.7. The first-order valence-electron chi connectivity index (χ1n) is 21.7. The number of aromatic amines is 2. The number of hydrogen-bond acceptors (Lipinski definition) is 3. The monoisotopic (exact) mass is 823 g/mol. The molecule has 8 bridgehead atoms. The van der Waals surface area contributed by atoms with E-state index in [-0.39, 0.29) is 16.2 Å². The van der Waals surface area contributed by atoms with Crippen molar-refractivity contribution in [1.29, 1.82) is 0 Å². The van der Waals surface area contributed by atoms with Crippen molar-refractivity contribution in [2.45, 2.75) is 78.6 Å². The number of rotatable bonds is 5. The van der Waals surface area contributed by atoms with Crippen LogP contribution in [0.5, 0.6) is 0 Å². The summed E-state index contributed by atoms with van der Waals surface area (Å²) in [5.74, 6) is 0. The van der Waals surface area contributed by atoms with Crippen molar-refractivity contribution in [1.82, 2.24) is 19.9 Å². The highest BCUT2D eigenvalue weighted by molar-refractivity contribution is 6.00. The minimum atomic E-state index is 0.00677. The van der Waals surface area contributed by atoms with Gasteiger partial charge in [0.15, 0.2) is 0 Å². The summed E-state index contributed by atoms with van der Waals surface area (Å²) in [5.41, 5.74) is 28.8. The number of H-pyrrole nitrogens is 2. The second kappa shape index (κ2) is 15.6. The van der Waals surface area contributed by atoms with Gasteiger partial charge in [-0.25, -0.2) is 9.97 Å². The zero-order valence-electron chi connectivity index (χ0n) is 37.6. The van der Waals surface area contributed by atoms with E-state index >= 15 is 0 Å². The maximum absolute atomic E-state index is 9.17. The van der Waals surface area contributed by atoms with Crippen molar-refractivity contribution in [2.24, 2.45) is 5.11 Å². The Bertz CT molecular complexity index is 3110. The Kier molecular flexibility index (Phi) is 10.2. The maximum atomic E-state index is 9.17. The Morgan fingerprint density at radius 3 is 0.873 bits per heavy atom. The lowest BCUT2D eigenvalue weighted by atomic mass is 9.86. The highest BCUT2D eigenvalue weighted by Gasteiger charge is 2.22. The lowest BCUT2D eigenvalue weighted by molar-refractivity contribution is 0.590. The molecule has 2 N–H and O–H groups in total. The summed E-state index contributed by atoms with van der Waals surface area (Å²) in [4.78, 5) is 21.7. The highest BCUT2D eigenvalue weighted by Crippen LogP contribution is 2.40. The first kappa shape index (κ1) is 41.2. The predicted molar refractivity (Wildman–Crippen MR) is 266 cm³/mol. The molecule has 2 aliphatic heterocycles. The van der Waals surface area contributed by atoms with Gasteiger partial charge in [-0.3, -0.25) is 0 Å². The van der Waals surface area contributed by atoms with Crippen LogP contribution in [0.3, 0.4) is 0 Å². The van der Waals surface area contributed by atoms with Crippen molar-refractivity contribution >= 4 is 52.1 Å². The largest absolute Gasteiger partial charge is 0.354 e. The second-order valence-electron chi connectivity index (χ2n) is 19.7. The summed E-state index contributed by atoms with van der Waals surface area (Å²) < 4.78 is 0. The van der Waals surface area contributed by atoms with E-state index in [4.69, 9.17) is 9.97 Å². The molecule has 0 unspecified atom stereocenters. The molecule has 4 aromatic carbocycles. The van der Waals surface area contributed by atoms with Crippen molar-refractivity contribution in [3.05, 3.63) is 171 Å². The van der Waals surface area contributed by atoms with Crippen LogP contribution in [0, 0.1) is 0 Å². The average Bonchev–Trinajstić information content (AvgIpc) is 4.09. The third-order valence-corrected chi connectivity index (χ3v) is 12.2. The lowest BCUT2D eigenvalue weighted by Crippen LogP contribution is -2.10. The van der Waals surface area contributed by atoms with Crippen LogP contribution in [0.2, 0.25) is 0 Å². The van der Waals surface area contributed by atoms with Gasteiger partial charge in [0.25, 0.3) is 0 Å². The molecular weight excluding hydrogens is 771 g/mol. The van der Waals surface area contributed by atoms with Gasteiger partial charge < -0.3 is 9.97 Å². The van der Waals surface area contributed by atoms with Gasteiger partial charge in [-0.2, -0.15) is 0 Å². The molecule has 312 valence electrons. The molecule has 0 spiro atoms. The van der Waals surface area contributed by atoms with Crippen LogP contribution in [0.25, 0.3) is 101 Å². The van der Waals surface area contributed by atoms with Crippen molar-refractivity contribution < 1.29 is 0 Å². The van der Waals surface area contributed by atoms with Crippen LogP contribution < -0.4 is 0 Å². The smallest absolute Gasteiger partial charge is 0.0737 e. The van der Waals surface area contributed by atoms with E-state index in [1.807, 2.05) is 24.3 Å². The predicted octanol–water partition coefficient (Wildman–Crippen LogP) is 16.2. The molecule has 2 aliphatic rings. The van der Waals surface area contributed by atoms with Crippen LogP contribution in [0.1, 0.15) is 102 Å². The number of nitrogens with one attached hydrogen (secondary N) is 2. The van der Waals surface area contributed by atoms with Crippen molar-refractivity contribution in [2.75, 3.05) is 0 Å². The number of fused-ring (bicyclic) bond motifs is 8. The highest BCUT2D eigenvalue weighted by atomic mass is 15.1. The number of nitrogens with zero attached hydrogens (tertiary/aromatic N) is 5. The molecule has 9 rings (SSSR count). The molecule has 5 heterocycles. The van der Waals surface area contributed by atoms with Gasteiger partial charge in [0.1, 0.15) is 0 Å². The molecular formula is C56H53N7. The standard InChI is InChI=1S/C56H53N7/c1-54(2,3)38-18-10-34(11-19-38)50-42-26-28-44(58-42)51(35-12-20-39(21-13-35)55(4,5)6)46-30-32-48(60-46)53(37-16-24-41(25-17-37)62-63-57)49-33-31-47(61-49)52(45-29-27-43(50)59-45)36-14-22-40(23-15-36)56(7,8)9/h10-33,58,61H,1-9H3.